The van der Waals surface area contributed by atoms with Crippen LogP contribution >= 0.6 is 11.6 Å². The molecule has 0 saturated carbocycles. The maximum absolute atomic E-state index is 9.99. The predicted octanol–water partition coefficient (Wildman–Crippen LogP) is -1.33. The molecule has 1 aliphatic rings. The first-order chi connectivity index (χ1) is 9.52. The zero-order valence-electron chi connectivity index (χ0n) is 10.1. The predicted molar refractivity (Wildman–Crippen MR) is 67.8 cm³/mol. The Balaban J connectivity index is 2.07. The van der Waals surface area contributed by atoms with Crippen molar-refractivity contribution in [3.63, 3.8) is 0 Å². The average Bonchev–Trinajstić information content (AvgIpc) is 2.93. The van der Waals surface area contributed by atoms with Crippen LogP contribution < -0.4 is 5.73 Å². The summed E-state index contributed by atoms with van der Waals surface area (Å²) in [6.07, 6.45) is -2.93. The number of fused-ring (bicyclic) bond motifs is 1. The lowest BCUT2D eigenvalue weighted by atomic mass is 10.1. The van der Waals surface area contributed by atoms with Crippen LogP contribution in [0.3, 0.4) is 0 Å². The molecule has 20 heavy (non-hydrogen) atoms. The minimum Gasteiger partial charge on any atom is -0.394 e. The summed E-state index contributed by atoms with van der Waals surface area (Å²) in [4.78, 5) is 11.8. The maximum Gasteiger partial charge on any atom is 0.226 e. The van der Waals surface area contributed by atoms with Crippen molar-refractivity contribution in [2.75, 3.05) is 12.3 Å². The van der Waals surface area contributed by atoms with E-state index in [9.17, 15) is 10.2 Å². The molecule has 1 fully saturated rings. The number of aromatic nitrogens is 4. The Kier molecular flexibility index (Phi) is 3.22. The molecular weight excluding hydrogens is 290 g/mol. The first kappa shape index (κ1) is 13.5. The molecule has 0 radical (unpaired) electrons. The highest BCUT2D eigenvalue weighted by Gasteiger charge is 2.44. The molecule has 2 aromatic rings. The number of nitrogen functional groups attached to an aromatic ring is 1. The number of nitrogens with two attached hydrogens (primary N) is 1. The maximum atomic E-state index is 9.99. The van der Waals surface area contributed by atoms with Crippen LogP contribution in [0.25, 0.3) is 11.2 Å². The number of nitrogens with zero attached hydrogens (tertiary/aromatic N) is 4. The molecule has 1 saturated heterocycles. The standard InChI is InChI=1S/C10H12ClN5O4/c11-10-14-7(12)4-8(15-10)16(2-13-4)9-6(19)5(18)3(1-17)20-9/h2-3,5-6,9,17-19H,1H2,(H2,12,14,15)/t3-,5-,6-,9+/m1/s1. The third kappa shape index (κ3) is 1.91. The minimum atomic E-state index is -1.24. The second-order valence-corrected chi connectivity index (χ2v) is 4.77. The van der Waals surface area contributed by atoms with Crippen LogP contribution in [0.1, 0.15) is 6.23 Å². The molecule has 2 aromatic heterocycles. The normalized spacial score (nSPS) is 30.2. The SMILES string of the molecule is Nc1nc(Cl)nc2c1ncn2[C@H]1O[C@H](CO)[C@@H](O)[C@H]1O. The summed E-state index contributed by atoms with van der Waals surface area (Å²) in [6, 6.07) is 0. The van der Waals surface area contributed by atoms with Crippen LogP contribution in [-0.4, -0.2) is 59.8 Å². The van der Waals surface area contributed by atoms with Crippen molar-refractivity contribution in [1.82, 2.24) is 19.5 Å². The van der Waals surface area contributed by atoms with Gasteiger partial charge in [-0.05, 0) is 11.6 Å². The van der Waals surface area contributed by atoms with Gasteiger partial charge >= 0.3 is 0 Å². The first-order valence-electron chi connectivity index (χ1n) is 5.81. The second kappa shape index (κ2) is 4.79. The van der Waals surface area contributed by atoms with Gasteiger partial charge in [0.15, 0.2) is 17.7 Å². The Hall–Kier alpha value is -1.52. The van der Waals surface area contributed by atoms with Crippen LogP contribution in [0, 0.1) is 0 Å². The average molecular weight is 302 g/mol. The van der Waals surface area contributed by atoms with Crippen molar-refractivity contribution in [3.05, 3.63) is 11.6 Å². The van der Waals surface area contributed by atoms with Gasteiger partial charge < -0.3 is 25.8 Å². The van der Waals surface area contributed by atoms with E-state index < -0.39 is 31.1 Å². The van der Waals surface area contributed by atoms with Crippen LogP contribution in [0.2, 0.25) is 5.28 Å². The monoisotopic (exact) mass is 301 g/mol. The quantitative estimate of drug-likeness (QED) is 0.500. The fourth-order valence-electron chi connectivity index (χ4n) is 2.21. The number of rotatable bonds is 2. The van der Waals surface area contributed by atoms with Crippen LogP contribution in [-0.2, 0) is 4.74 Å². The Bertz CT molecular complexity index is 650. The highest BCUT2D eigenvalue weighted by atomic mass is 35.5. The van der Waals surface area contributed by atoms with Gasteiger partial charge in [0.25, 0.3) is 0 Å². The smallest absolute Gasteiger partial charge is 0.226 e. The molecule has 9 nitrogen and oxygen atoms in total. The van der Waals surface area contributed by atoms with E-state index in [4.69, 9.17) is 27.2 Å². The molecular formula is C10H12ClN5O4. The molecule has 5 N–H and O–H groups in total. The van der Waals surface area contributed by atoms with Gasteiger partial charge in [0.1, 0.15) is 23.8 Å². The van der Waals surface area contributed by atoms with Crippen LogP contribution in [0.15, 0.2) is 6.33 Å². The summed E-state index contributed by atoms with van der Waals surface area (Å²) in [5, 5.41) is 28.8. The Morgan fingerprint density at radius 1 is 1.35 bits per heavy atom. The summed E-state index contributed by atoms with van der Waals surface area (Å²) in [7, 11) is 0. The van der Waals surface area contributed by atoms with Gasteiger partial charge in [0.2, 0.25) is 5.28 Å². The van der Waals surface area contributed by atoms with E-state index in [1.54, 1.807) is 0 Å². The zero-order valence-corrected chi connectivity index (χ0v) is 10.8. The van der Waals surface area contributed by atoms with Crippen molar-refractivity contribution in [3.8, 4) is 0 Å². The van der Waals surface area contributed by atoms with Gasteiger partial charge in [-0.1, -0.05) is 0 Å². The Labute approximate surface area is 117 Å². The fraction of sp³-hybridized carbons (Fsp3) is 0.500. The van der Waals surface area contributed by atoms with E-state index in [0.717, 1.165) is 0 Å². The van der Waals surface area contributed by atoms with Gasteiger partial charge in [0, 0.05) is 0 Å². The molecule has 108 valence electrons. The lowest BCUT2D eigenvalue weighted by molar-refractivity contribution is -0.0511. The number of ether oxygens (including phenoxy) is 1. The van der Waals surface area contributed by atoms with Crippen LogP contribution in [0.5, 0.6) is 0 Å². The van der Waals surface area contributed by atoms with Gasteiger partial charge in [-0.2, -0.15) is 9.97 Å². The molecule has 3 rings (SSSR count). The molecule has 10 heteroatoms. The molecule has 0 aromatic carbocycles. The van der Waals surface area contributed by atoms with E-state index in [0.29, 0.717) is 5.52 Å². The van der Waals surface area contributed by atoms with Gasteiger partial charge in [-0.15, -0.1) is 0 Å². The molecule has 4 atom stereocenters. The second-order valence-electron chi connectivity index (χ2n) is 4.43. The van der Waals surface area contributed by atoms with Crippen molar-refractivity contribution >= 4 is 28.6 Å². The largest absolute Gasteiger partial charge is 0.394 e. The summed E-state index contributed by atoms with van der Waals surface area (Å²) in [5.41, 5.74) is 6.27. The number of hydrogen-bond donors (Lipinski definition) is 4. The van der Waals surface area contributed by atoms with Crippen molar-refractivity contribution in [2.24, 2.45) is 0 Å². The number of imidazole rings is 1. The third-order valence-corrected chi connectivity index (χ3v) is 3.38. The highest BCUT2D eigenvalue weighted by Crippen LogP contribution is 2.32. The summed E-state index contributed by atoms with van der Waals surface area (Å²) < 4.78 is 6.79. The number of hydrogen-bond acceptors (Lipinski definition) is 8. The van der Waals surface area contributed by atoms with E-state index in [2.05, 4.69) is 15.0 Å². The van der Waals surface area contributed by atoms with E-state index in [1.165, 1.54) is 10.9 Å². The van der Waals surface area contributed by atoms with Crippen molar-refractivity contribution in [2.45, 2.75) is 24.5 Å². The minimum absolute atomic E-state index is 0.0662. The molecule has 0 amide bonds. The first-order valence-corrected chi connectivity index (χ1v) is 6.18. The Morgan fingerprint density at radius 2 is 2.10 bits per heavy atom. The molecule has 0 bridgehead atoms. The fourth-order valence-corrected chi connectivity index (χ4v) is 2.38. The van der Waals surface area contributed by atoms with Gasteiger partial charge in [-0.25, -0.2) is 4.98 Å². The number of aliphatic hydroxyl groups is 3. The topological polar surface area (TPSA) is 140 Å². The highest BCUT2D eigenvalue weighted by molar-refractivity contribution is 6.28. The van der Waals surface area contributed by atoms with E-state index in [-0.39, 0.29) is 16.7 Å². The van der Waals surface area contributed by atoms with Crippen molar-refractivity contribution < 1.29 is 20.1 Å². The van der Waals surface area contributed by atoms with E-state index in [1.807, 2.05) is 0 Å². The molecule has 3 heterocycles. The molecule has 0 unspecified atom stereocenters. The van der Waals surface area contributed by atoms with Crippen molar-refractivity contribution in [1.29, 1.82) is 0 Å². The van der Waals surface area contributed by atoms with Crippen LogP contribution in [0.4, 0.5) is 5.82 Å². The molecule has 0 aliphatic carbocycles. The lowest BCUT2D eigenvalue weighted by Crippen LogP contribution is -2.33. The number of aliphatic hydroxyl groups excluding tert-OH is 3. The number of anilines is 1. The summed E-state index contributed by atoms with van der Waals surface area (Å²) in [5.74, 6) is 0.102. The summed E-state index contributed by atoms with van der Waals surface area (Å²) in [6.45, 7) is -0.417. The van der Waals surface area contributed by atoms with Gasteiger partial charge in [0.05, 0.1) is 12.9 Å². The number of halogens is 1. The molecule has 0 spiro atoms. The van der Waals surface area contributed by atoms with Gasteiger partial charge in [-0.3, -0.25) is 4.57 Å². The summed E-state index contributed by atoms with van der Waals surface area (Å²) >= 11 is 5.74. The lowest BCUT2D eigenvalue weighted by Gasteiger charge is -2.16. The Morgan fingerprint density at radius 3 is 2.75 bits per heavy atom. The zero-order chi connectivity index (χ0) is 14.4. The molecule has 1 aliphatic heterocycles. The third-order valence-electron chi connectivity index (χ3n) is 3.21. The van der Waals surface area contributed by atoms with E-state index >= 15 is 0 Å².